The first-order valence-corrected chi connectivity index (χ1v) is 25.0. The molecule has 1 unspecified atom stereocenters. The predicted molar refractivity (Wildman–Crippen MR) is 235 cm³/mol. The molecular formula is C44H74O14PS-. The molecule has 2 rings (SSSR count). The molecule has 0 radical (unpaired) electrons. The van der Waals surface area contributed by atoms with E-state index in [2.05, 4.69) is 19.1 Å². The van der Waals surface area contributed by atoms with E-state index < -0.39 is 18.0 Å². The Morgan fingerprint density at radius 1 is 0.450 bits per heavy atom. The molecule has 0 bridgehead atoms. The molecule has 0 fully saturated rings. The number of hydrogen-bond acceptors (Lipinski definition) is 14. The molecule has 0 aliphatic heterocycles. The van der Waals surface area contributed by atoms with Crippen molar-refractivity contribution in [3.05, 3.63) is 60.2 Å². The summed E-state index contributed by atoms with van der Waals surface area (Å²) in [5, 5.41) is 1.07. The van der Waals surface area contributed by atoms with E-state index in [1.807, 2.05) is 42.5 Å². The number of hydrogen-bond donors (Lipinski definition) is 0. The van der Waals surface area contributed by atoms with Crippen LogP contribution in [0.15, 0.2) is 54.6 Å². The van der Waals surface area contributed by atoms with Gasteiger partial charge in [-0.1, -0.05) is 89.4 Å². The average Bonchev–Trinajstić information content (AvgIpc) is 3.25. The lowest BCUT2D eigenvalue weighted by Crippen LogP contribution is -2.17. The summed E-state index contributed by atoms with van der Waals surface area (Å²) in [6.45, 7) is 12.4. The molecule has 346 valence electrons. The molecular weight excluding hydrogens is 816 g/mol. The summed E-state index contributed by atoms with van der Waals surface area (Å²) in [6.07, 6.45) is 10.1. The first-order chi connectivity index (χ1) is 29.5. The summed E-state index contributed by atoms with van der Waals surface area (Å²) in [6, 6.07) is 18.1. The minimum atomic E-state index is -4.24. The van der Waals surface area contributed by atoms with Crippen LogP contribution in [-0.4, -0.2) is 170 Å². The van der Waals surface area contributed by atoms with Crippen LogP contribution in [0.4, 0.5) is 0 Å². The summed E-state index contributed by atoms with van der Waals surface area (Å²) in [5.41, 5.74) is 1.37. The Hall–Kier alpha value is -1.82. The molecule has 2 aromatic rings. The van der Waals surface area contributed by atoms with Gasteiger partial charge in [0.15, 0.2) is 0 Å². The van der Waals surface area contributed by atoms with Gasteiger partial charge >= 0.3 is 0 Å². The maximum absolute atomic E-state index is 11.1. The van der Waals surface area contributed by atoms with Gasteiger partial charge in [0.25, 0.3) is 0 Å². The number of unbranched alkanes of at least 4 members (excludes halogenated alkanes) is 5. The van der Waals surface area contributed by atoms with Crippen LogP contribution in [-0.2, 0) is 63.9 Å². The second-order valence-corrected chi connectivity index (χ2v) is 17.7. The third kappa shape index (κ3) is 34.7. The number of benzene rings is 2. The van der Waals surface area contributed by atoms with Crippen LogP contribution in [0.1, 0.15) is 51.0 Å². The van der Waals surface area contributed by atoms with Crippen molar-refractivity contribution in [1.29, 1.82) is 0 Å². The van der Waals surface area contributed by atoms with E-state index in [4.69, 9.17) is 52.1 Å². The van der Waals surface area contributed by atoms with Crippen molar-refractivity contribution in [2.75, 3.05) is 157 Å². The molecule has 0 aliphatic rings. The molecule has 0 N–H and O–H groups in total. The number of ether oxygens (including phenoxy) is 11. The van der Waals surface area contributed by atoms with Crippen LogP contribution in [0.5, 0.6) is 5.75 Å². The minimum Gasteiger partial charge on any atom is -0.748 e. The fraction of sp³-hybridized carbons (Fsp3) is 0.727. The van der Waals surface area contributed by atoms with E-state index in [1.165, 1.54) is 44.1 Å². The van der Waals surface area contributed by atoms with Crippen LogP contribution in [0, 0.1) is 0 Å². The molecule has 0 amide bonds. The van der Waals surface area contributed by atoms with E-state index in [0.717, 1.165) is 17.5 Å². The molecule has 0 saturated heterocycles. The number of aryl methyl sites for hydroxylation is 1. The highest BCUT2D eigenvalue weighted by Crippen LogP contribution is 2.33. The third-order valence-corrected chi connectivity index (χ3v) is 12.3. The van der Waals surface area contributed by atoms with Gasteiger partial charge in [-0.05, 0) is 48.2 Å². The first kappa shape index (κ1) is 54.3. The largest absolute Gasteiger partial charge is 0.748 e. The Balaban J connectivity index is 1.21. The minimum absolute atomic E-state index is 0.341. The smallest absolute Gasteiger partial charge is 0.119 e. The predicted octanol–water partition coefficient (Wildman–Crippen LogP) is 5.49. The summed E-state index contributed by atoms with van der Waals surface area (Å²) >= 11 is 0. The van der Waals surface area contributed by atoms with Gasteiger partial charge in [-0.2, -0.15) is 0 Å². The lowest BCUT2D eigenvalue weighted by Gasteiger charge is -2.19. The van der Waals surface area contributed by atoms with Crippen molar-refractivity contribution >= 4 is 23.3 Å². The van der Waals surface area contributed by atoms with Crippen molar-refractivity contribution in [2.24, 2.45) is 0 Å². The topological polar surface area (TPSA) is 159 Å². The van der Waals surface area contributed by atoms with Gasteiger partial charge in [0.1, 0.15) is 12.4 Å². The van der Waals surface area contributed by atoms with Gasteiger partial charge in [-0.3, -0.25) is 0 Å². The van der Waals surface area contributed by atoms with E-state index in [0.29, 0.717) is 151 Å². The summed E-state index contributed by atoms with van der Waals surface area (Å²) in [7, 11) is -5.02. The van der Waals surface area contributed by atoms with Crippen molar-refractivity contribution in [1.82, 2.24) is 0 Å². The zero-order chi connectivity index (χ0) is 42.9. The fourth-order valence-corrected chi connectivity index (χ4v) is 9.03. The molecule has 60 heavy (non-hydrogen) atoms. The van der Waals surface area contributed by atoms with Crippen LogP contribution < -0.4 is 10.0 Å². The van der Waals surface area contributed by atoms with E-state index in [9.17, 15) is 13.0 Å². The summed E-state index contributed by atoms with van der Waals surface area (Å²) in [5.74, 6) is 0.521. The van der Waals surface area contributed by atoms with Crippen molar-refractivity contribution in [3.8, 4) is 5.75 Å². The Labute approximate surface area is 362 Å². The lowest BCUT2D eigenvalue weighted by molar-refractivity contribution is -0.0265. The maximum atomic E-state index is 11.1. The lowest BCUT2D eigenvalue weighted by atomic mass is 10.0. The highest BCUT2D eigenvalue weighted by Gasteiger charge is 2.12. The SMILES string of the molecule is CCCCCCCCc1ccc(OCCOCCOCCOCCOCCOCCOCCOCCOCCOCCOCCP(CCS(=O)(=O)[O-])c2ccccc2)cc1. The van der Waals surface area contributed by atoms with Crippen molar-refractivity contribution < 1.29 is 65.1 Å². The molecule has 0 spiro atoms. The van der Waals surface area contributed by atoms with Crippen LogP contribution >= 0.6 is 7.92 Å². The molecule has 16 heteroatoms. The molecule has 0 aromatic heterocycles. The zero-order valence-corrected chi connectivity index (χ0v) is 37.9. The normalized spacial score (nSPS) is 12.3. The Kier molecular flexibility index (Phi) is 36.2. The van der Waals surface area contributed by atoms with Gasteiger partial charge in [0.2, 0.25) is 0 Å². The average molecular weight is 890 g/mol. The molecule has 14 nitrogen and oxygen atoms in total. The quantitative estimate of drug-likeness (QED) is 0.0467. The van der Waals surface area contributed by atoms with Crippen LogP contribution in [0.2, 0.25) is 0 Å². The highest BCUT2D eigenvalue weighted by molar-refractivity contribution is 7.86. The molecule has 0 saturated carbocycles. The number of rotatable bonds is 45. The van der Waals surface area contributed by atoms with Crippen molar-refractivity contribution in [3.63, 3.8) is 0 Å². The summed E-state index contributed by atoms with van der Waals surface area (Å²) < 4.78 is 94.5. The van der Waals surface area contributed by atoms with Crippen LogP contribution in [0.25, 0.3) is 0 Å². The van der Waals surface area contributed by atoms with Gasteiger partial charge < -0.3 is 56.7 Å². The molecule has 1 atom stereocenters. The Bertz CT molecular complexity index is 1310. The van der Waals surface area contributed by atoms with Crippen molar-refractivity contribution in [2.45, 2.75) is 51.9 Å². The van der Waals surface area contributed by atoms with Gasteiger partial charge in [0.05, 0.1) is 142 Å². The second-order valence-electron chi connectivity index (χ2n) is 13.7. The van der Waals surface area contributed by atoms with Crippen LogP contribution in [0.3, 0.4) is 0 Å². The second kappa shape index (κ2) is 40.0. The monoisotopic (exact) mass is 889 g/mol. The molecule has 2 aromatic carbocycles. The van der Waals surface area contributed by atoms with Gasteiger partial charge in [0, 0.05) is 5.75 Å². The standard InChI is InChI=1S/C44H75O14PS/c1-2-3-4-5-6-8-11-42-14-16-43(17-15-42)58-37-36-56-33-32-54-29-28-52-25-24-50-21-20-48-18-19-49-22-23-51-26-27-53-30-31-55-34-35-57-38-39-59(40-41-60(45,46)47)44-12-9-7-10-13-44/h7,9-10,12-17H,2-6,8,11,18-41H2,1H3,(H,45,46,47)/p-1. The third-order valence-electron chi connectivity index (χ3n) is 8.82. The highest BCUT2D eigenvalue weighted by atomic mass is 32.2. The van der Waals surface area contributed by atoms with E-state index >= 15 is 0 Å². The first-order valence-electron chi connectivity index (χ1n) is 21.7. The van der Waals surface area contributed by atoms with E-state index in [-0.39, 0.29) is 5.75 Å². The zero-order valence-electron chi connectivity index (χ0n) is 36.2. The maximum Gasteiger partial charge on any atom is 0.119 e. The Morgan fingerprint density at radius 3 is 1.25 bits per heavy atom. The summed E-state index contributed by atoms with van der Waals surface area (Å²) in [4.78, 5) is 0. The molecule has 0 aliphatic carbocycles. The van der Waals surface area contributed by atoms with Gasteiger partial charge in [-0.15, -0.1) is 0 Å². The van der Waals surface area contributed by atoms with Gasteiger partial charge in [-0.25, -0.2) is 8.42 Å². The molecule has 0 heterocycles. The van der Waals surface area contributed by atoms with E-state index in [1.54, 1.807) is 0 Å². The fourth-order valence-electron chi connectivity index (χ4n) is 5.57. The Morgan fingerprint density at radius 2 is 0.833 bits per heavy atom.